The van der Waals surface area contributed by atoms with Crippen molar-refractivity contribution < 1.29 is 9.53 Å². The molecule has 0 radical (unpaired) electrons. The van der Waals surface area contributed by atoms with Crippen LogP contribution >= 0.6 is 0 Å². The van der Waals surface area contributed by atoms with Crippen molar-refractivity contribution in [1.29, 1.82) is 0 Å². The van der Waals surface area contributed by atoms with E-state index in [0.29, 0.717) is 13.2 Å². The van der Waals surface area contributed by atoms with Gasteiger partial charge in [-0.3, -0.25) is 4.79 Å². The summed E-state index contributed by atoms with van der Waals surface area (Å²) >= 11 is 0. The molecular weight excluding hydrogens is 156 g/mol. The van der Waals surface area contributed by atoms with Gasteiger partial charge in [-0.25, -0.2) is 0 Å². The van der Waals surface area contributed by atoms with Crippen LogP contribution in [0.3, 0.4) is 0 Å². The van der Waals surface area contributed by atoms with Crippen molar-refractivity contribution in [3.8, 4) is 0 Å². The molecule has 2 aliphatic heterocycles. The predicted octanol–water partition coefficient (Wildman–Crippen LogP) is -0.793. The van der Waals surface area contributed by atoms with Crippen molar-refractivity contribution in [2.75, 3.05) is 32.8 Å². The fraction of sp³-hybridized carbons (Fsp3) is 0.875. The Morgan fingerprint density at radius 3 is 2.58 bits per heavy atom. The molecule has 1 unspecified atom stereocenters. The summed E-state index contributed by atoms with van der Waals surface area (Å²) in [5, 5.41) is 3.11. The Hall–Kier alpha value is -0.610. The van der Waals surface area contributed by atoms with Crippen LogP contribution in [0.4, 0.5) is 0 Å². The average Bonchev–Trinajstić information content (AvgIpc) is 2.03. The van der Waals surface area contributed by atoms with Crippen LogP contribution in [0.15, 0.2) is 0 Å². The highest BCUT2D eigenvalue weighted by Gasteiger charge is 2.29. The molecule has 0 aromatic carbocycles. The van der Waals surface area contributed by atoms with E-state index < -0.39 is 0 Å². The van der Waals surface area contributed by atoms with Crippen LogP contribution in [0.5, 0.6) is 0 Å². The van der Waals surface area contributed by atoms with E-state index in [1.165, 1.54) is 0 Å². The molecule has 2 fully saturated rings. The Balaban J connectivity index is 1.84. The fourth-order valence-electron chi connectivity index (χ4n) is 1.50. The van der Waals surface area contributed by atoms with Crippen LogP contribution in [-0.4, -0.2) is 49.7 Å². The van der Waals surface area contributed by atoms with Gasteiger partial charge in [0.15, 0.2) is 0 Å². The Morgan fingerprint density at radius 1 is 1.42 bits per heavy atom. The molecule has 2 saturated heterocycles. The van der Waals surface area contributed by atoms with E-state index in [4.69, 9.17) is 4.74 Å². The Kier molecular flexibility index (Phi) is 2.28. The molecule has 0 saturated carbocycles. The lowest BCUT2D eigenvalue weighted by molar-refractivity contribution is -0.139. The van der Waals surface area contributed by atoms with Gasteiger partial charge in [-0.2, -0.15) is 0 Å². The van der Waals surface area contributed by atoms with Crippen LogP contribution in [0, 0.1) is 0 Å². The molecule has 0 spiro atoms. The molecule has 0 bridgehead atoms. The number of hydrogen-bond acceptors (Lipinski definition) is 3. The van der Waals surface area contributed by atoms with Gasteiger partial charge in [-0.15, -0.1) is 0 Å². The predicted molar refractivity (Wildman–Crippen MR) is 43.8 cm³/mol. The second-order valence-electron chi connectivity index (χ2n) is 3.23. The van der Waals surface area contributed by atoms with E-state index in [2.05, 4.69) is 5.32 Å². The van der Waals surface area contributed by atoms with Crippen molar-refractivity contribution in [2.24, 2.45) is 0 Å². The number of carbonyl (C=O) groups excluding carboxylic acids is 1. The first kappa shape index (κ1) is 8.01. The van der Waals surface area contributed by atoms with Gasteiger partial charge in [0.05, 0.1) is 19.3 Å². The fourth-order valence-corrected chi connectivity index (χ4v) is 1.50. The van der Waals surface area contributed by atoms with E-state index in [0.717, 1.165) is 26.1 Å². The first-order chi connectivity index (χ1) is 5.88. The largest absolute Gasteiger partial charge is 0.378 e. The topological polar surface area (TPSA) is 41.6 Å². The maximum atomic E-state index is 11.6. The van der Waals surface area contributed by atoms with E-state index in [-0.39, 0.29) is 11.9 Å². The van der Waals surface area contributed by atoms with Gasteiger partial charge < -0.3 is 15.0 Å². The number of nitrogens with zero attached hydrogens (tertiary/aromatic N) is 1. The van der Waals surface area contributed by atoms with Crippen molar-refractivity contribution >= 4 is 5.91 Å². The summed E-state index contributed by atoms with van der Waals surface area (Å²) in [5.74, 6) is 0.254. The molecule has 4 heteroatoms. The summed E-state index contributed by atoms with van der Waals surface area (Å²) in [5.41, 5.74) is 0. The number of carbonyl (C=O) groups is 1. The molecule has 1 amide bonds. The van der Waals surface area contributed by atoms with Crippen LogP contribution in [-0.2, 0) is 9.53 Å². The third kappa shape index (κ3) is 1.44. The van der Waals surface area contributed by atoms with Crippen LogP contribution in [0.2, 0.25) is 0 Å². The molecular formula is C8H14N2O2. The second kappa shape index (κ2) is 3.41. The molecule has 1 atom stereocenters. The number of morpholine rings is 1. The third-order valence-corrected chi connectivity index (χ3v) is 2.44. The molecule has 2 aliphatic rings. The lowest BCUT2D eigenvalue weighted by Crippen LogP contribution is -2.56. The van der Waals surface area contributed by atoms with Gasteiger partial charge in [-0.05, 0) is 13.0 Å². The highest BCUT2D eigenvalue weighted by molar-refractivity contribution is 5.82. The Morgan fingerprint density at radius 2 is 2.08 bits per heavy atom. The van der Waals surface area contributed by atoms with E-state index in [9.17, 15) is 4.79 Å². The molecule has 12 heavy (non-hydrogen) atoms. The highest BCUT2D eigenvalue weighted by Crippen LogP contribution is 2.08. The molecule has 0 aromatic heterocycles. The zero-order valence-electron chi connectivity index (χ0n) is 7.08. The zero-order valence-corrected chi connectivity index (χ0v) is 7.08. The smallest absolute Gasteiger partial charge is 0.239 e. The maximum absolute atomic E-state index is 11.6. The van der Waals surface area contributed by atoms with Gasteiger partial charge in [-0.1, -0.05) is 0 Å². The van der Waals surface area contributed by atoms with Crippen molar-refractivity contribution in [3.63, 3.8) is 0 Å². The van der Waals surface area contributed by atoms with Crippen molar-refractivity contribution in [2.45, 2.75) is 12.5 Å². The summed E-state index contributed by atoms with van der Waals surface area (Å²) in [4.78, 5) is 13.5. The van der Waals surface area contributed by atoms with Crippen LogP contribution in [0.1, 0.15) is 6.42 Å². The third-order valence-electron chi connectivity index (χ3n) is 2.44. The standard InChI is InChI=1S/C8H14N2O2/c11-8(7-1-2-9-7)10-3-5-12-6-4-10/h7,9H,1-6H2. The molecule has 0 aliphatic carbocycles. The van der Waals surface area contributed by atoms with Gasteiger partial charge in [0, 0.05) is 13.1 Å². The summed E-state index contributed by atoms with van der Waals surface area (Å²) in [6, 6.07) is 0.100. The summed E-state index contributed by atoms with van der Waals surface area (Å²) in [7, 11) is 0. The molecule has 4 nitrogen and oxygen atoms in total. The first-order valence-corrected chi connectivity index (χ1v) is 4.48. The minimum atomic E-state index is 0.100. The van der Waals surface area contributed by atoms with Gasteiger partial charge in [0.2, 0.25) is 5.91 Å². The number of hydrogen-bond donors (Lipinski definition) is 1. The van der Waals surface area contributed by atoms with E-state index >= 15 is 0 Å². The van der Waals surface area contributed by atoms with Gasteiger partial charge >= 0.3 is 0 Å². The molecule has 1 N–H and O–H groups in total. The Bertz CT molecular complexity index is 174. The summed E-state index contributed by atoms with van der Waals surface area (Å²) in [6.45, 7) is 3.89. The highest BCUT2D eigenvalue weighted by atomic mass is 16.5. The SMILES string of the molecule is O=C(C1CCN1)N1CCOCC1. The van der Waals surface area contributed by atoms with Crippen LogP contribution in [0.25, 0.3) is 0 Å². The molecule has 2 heterocycles. The lowest BCUT2D eigenvalue weighted by Gasteiger charge is -2.34. The van der Waals surface area contributed by atoms with Crippen LogP contribution < -0.4 is 5.32 Å². The summed E-state index contributed by atoms with van der Waals surface area (Å²) < 4.78 is 5.17. The van der Waals surface area contributed by atoms with Crippen molar-refractivity contribution in [3.05, 3.63) is 0 Å². The first-order valence-electron chi connectivity index (χ1n) is 4.48. The minimum absolute atomic E-state index is 0.100. The molecule has 0 aromatic rings. The quantitative estimate of drug-likeness (QED) is 0.560. The zero-order chi connectivity index (χ0) is 8.39. The normalized spacial score (nSPS) is 29.7. The monoisotopic (exact) mass is 170 g/mol. The number of ether oxygens (including phenoxy) is 1. The van der Waals surface area contributed by atoms with E-state index in [1.54, 1.807) is 0 Å². The average molecular weight is 170 g/mol. The minimum Gasteiger partial charge on any atom is -0.378 e. The Labute approximate surface area is 71.9 Å². The van der Waals surface area contributed by atoms with Crippen molar-refractivity contribution in [1.82, 2.24) is 10.2 Å². The second-order valence-corrected chi connectivity index (χ2v) is 3.23. The number of nitrogens with one attached hydrogen (secondary N) is 1. The van der Waals surface area contributed by atoms with Gasteiger partial charge in [0.25, 0.3) is 0 Å². The molecule has 2 rings (SSSR count). The summed E-state index contributed by atoms with van der Waals surface area (Å²) in [6.07, 6.45) is 0.996. The maximum Gasteiger partial charge on any atom is 0.239 e. The number of amides is 1. The lowest BCUT2D eigenvalue weighted by atomic mass is 10.1. The molecule has 68 valence electrons. The van der Waals surface area contributed by atoms with Gasteiger partial charge in [0.1, 0.15) is 0 Å². The number of rotatable bonds is 1. The van der Waals surface area contributed by atoms with E-state index in [1.807, 2.05) is 4.90 Å².